The van der Waals surface area contributed by atoms with E-state index in [1.807, 2.05) is 0 Å². The molecule has 7 heteroatoms. The number of halogens is 1. The summed E-state index contributed by atoms with van der Waals surface area (Å²) in [7, 11) is 4.35. The first kappa shape index (κ1) is 15.2. The van der Waals surface area contributed by atoms with Gasteiger partial charge in [0, 0.05) is 25.9 Å². The van der Waals surface area contributed by atoms with E-state index in [9.17, 15) is 14.4 Å². The zero-order valence-corrected chi connectivity index (χ0v) is 13.3. The molecule has 0 radical (unpaired) electrons. The molecule has 2 aromatic rings. The number of methoxy groups -OCH3 is 1. The third-order valence-electron chi connectivity index (χ3n) is 3.11. The van der Waals surface area contributed by atoms with Gasteiger partial charge in [-0.15, -0.1) is 0 Å². The predicted molar refractivity (Wildman–Crippen MR) is 81.1 cm³/mol. The van der Waals surface area contributed by atoms with E-state index < -0.39 is 17.0 Å². The molecular formula is C14H13BrN2O4. The highest BCUT2D eigenvalue weighted by molar-refractivity contribution is 9.10. The molecule has 1 heterocycles. The van der Waals surface area contributed by atoms with Crippen molar-refractivity contribution in [3.8, 4) is 5.75 Å². The molecule has 2 rings (SSSR count). The molecule has 0 fully saturated rings. The first-order valence-corrected chi connectivity index (χ1v) is 6.81. The fraction of sp³-hybridized carbons (Fsp3) is 0.214. The molecule has 0 unspecified atom stereocenters. The van der Waals surface area contributed by atoms with E-state index in [1.165, 1.54) is 32.0 Å². The molecule has 0 atom stereocenters. The Labute approximate surface area is 128 Å². The van der Waals surface area contributed by atoms with Gasteiger partial charge >= 0.3 is 5.69 Å². The van der Waals surface area contributed by atoms with Gasteiger partial charge in [-0.2, -0.15) is 0 Å². The van der Waals surface area contributed by atoms with Crippen molar-refractivity contribution >= 4 is 21.7 Å². The second-order valence-corrected chi connectivity index (χ2v) is 5.33. The molecule has 0 aliphatic rings. The Kier molecular flexibility index (Phi) is 4.13. The highest BCUT2D eigenvalue weighted by Crippen LogP contribution is 2.26. The highest BCUT2D eigenvalue weighted by atomic mass is 79.9. The molecule has 21 heavy (non-hydrogen) atoms. The van der Waals surface area contributed by atoms with Crippen molar-refractivity contribution in [2.24, 2.45) is 14.1 Å². The zero-order chi connectivity index (χ0) is 15.7. The van der Waals surface area contributed by atoms with Gasteiger partial charge in [-0.1, -0.05) is 0 Å². The topological polar surface area (TPSA) is 70.3 Å². The third kappa shape index (κ3) is 2.69. The first-order chi connectivity index (χ1) is 9.86. The number of carbonyl (C=O) groups excluding carboxylic acids is 1. The standard InChI is InChI=1S/C14H13BrN2O4/c1-16-7-9(13(19)17(2)14(16)20)12(18)8-4-5-11(21-3)10(15)6-8/h4-7H,1-3H3. The van der Waals surface area contributed by atoms with Crippen molar-refractivity contribution in [3.63, 3.8) is 0 Å². The SMILES string of the molecule is COc1ccc(C(=O)c2cn(C)c(=O)n(C)c2=O)cc1Br. The molecular weight excluding hydrogens is 340 g/mol. The molecule has 0 saturated carbocycles. The lowest BCUT2D eigenvalue weighted by atomic mass is 10.1. The number of ether oxygens (including phenoxy) is 1. The maximum absolute atomic E-state index is 12.4. The second-order valence-electron chi connectivity index (χ2n) is 4.48. The highest BCUT2D eigenvalue weighted by Gasteiger charge is 2.17. The summed E-state index contributed by atoms with van der Waals surface area (Å²) in [5.41, 5.74) is -0.822. The van der Waals surface area contributed by atoms with E-state index in [2.05, 4.69) is 15.9 Å². The van der Waals surface area contributed by atoms with E-state index in [0.29, 0.717) is 15.8 Å². The summed E-state index contributed by atoms with van der Waals surface area (Å²) in [6.07, 6.45) is 1.26. The number of aryl methyl sites for hydroxylation is 1. The number of nitrogens with zero attached hydrogens (tertiary/aromatic N) is 2. The van der Waals surface area contributed by atoms with Gasteiger partial charge < -0.3 is 9.30 Å². The van der Waals surface area contributed by atoms with E-state index in [4.69, 9.17) is 4.74 Å². The number of aromatic nitrogens is 2. The smallest absolute Gasteiger partial charge is 0.330 e. The van der Waals surface area contributed by atoms with Crippen molar-refractivity contribution in [1.29, 1.82) is 0 Å². The van der Waals surface area contributed by atoms with Crippen LogP contribution in [0.3, 0.4) is 0 Å². The molecule has 1 aromatic carbocycles. The van der Waals surface area contributed by atoms with Crippen LogP contribution in [0.4, 0.5) is 0 Å². The van der Waals surface area contributed by atoms with Crippen LogP contribution < -0.4 is 16.0 Å². The summed E-state index contributed by atoms with van der Waals surface area (Å²) >= 11 is 3.29. The van der Waals surface area contributed by atoms with Crippen LogP contribution in [0.25, 0.3) is 0 Å². The zero-order valence-electron chi connectivity index (χ0n) is 11.7. The first-order valence-electron chi connectivity index (χ1n) is 6.01. The van der Waals surface area contributed by atoms with Gasteiger partial charge in [-0.05, 0) is 34.1 Å². The average Bonchev–Trinajstić information content (AvgIpc) is 2.48. The van der Waals surface area contributed by atoms with Gasteiger partial charge in [0.25, 0.3) is 5.56 Å². The van der Waals surface area contributed by atoms with Crippen LogP contribution in [0.15, 0.2) is 38.5 Å². The van der Waals surface area contributed by atoms with Crippen molar-refractivity contribution in [1.82, 2.24) is 9.13 Å². The maximum atomic E-state index is 12.4. The Morgan fingerprint density at radius 3 is 2.48 bits per heavy atom. The lowest BCUT2D eigenvalue weighted by Crippen LogP contribution is -2.39. The Balaban J connectivity index is 2.58. The summed E-state index contributed by atoms with van der Waals surface area (Å²) in [5, 5.41) is 0. The second kappa shape index (κ2) is 5.69. The number of ketones is 1. The maximum Gasteiger partial charge on any atom is 0.330 e. The molecule has 0 aliphatic carbocycles. The van der Waals surface area contributed by atoms with Crippen LogP contribution in [-0.2, 0) is 14.1 Å². The minimum Gasteiger partial charge on any atom is -0.496 e. The lowest BCUT2D eigenvalue weighted by molar-refractivity contribution is 0.103. The average molecular weight is 353 g/mol. The van der Waals surface area contributed by atoms with Gasteiger partial charge in [-0.3, -0.25) is 14.2 Å². The summed E-state index contributed by atoms with van der Waals surface area (Å²) in [6, 6.07) is 4.77. The summed E-state index contributed by atoms with van der Waals surface area (Å²) in [6.45, 7) is 0. The lowest BCUT2D eigenvalue weighted by Gasteiger charge is -2.08. The minimum absolute atomic E-state index is 0.0586. The van der Waals surface area contributed by atoms with Gasteiger partial charge in [0.15, 0.2) is 5.78 Å². The van der Waals surface area contributed by atoms with Gasteiger partial charge in [0.2, 0.25) is 0 Å². The minimum atomic E-state index is -0.616. The van der Waals surface area contributed by atoms with Crippen molar-refractivity contribution in [2.75, 3.05) is 7.11 Å². The van der Waals surface area contributed by atoms with Crippen molar-refractivity contribution < 1.29 is 9.53 Å². The predicted octanol–water partition coefficient (Wildman–Crippen LogP) is 1.09. The van der Waals surface area contributed by atoms with Crippen LogP contribution in [0, 0.1) is 0 Å². The molecule has 110 valence electrons. The molecule has 0 spiro atoms. The number of benzene rings is 1. The summed E-state index contributed by atoms with van der Waals surface area (Å²) in [5.74, 6) is 0.134. The summed E-state index contributed by atoms with van der Waals surface area (Å²) in [4.78, 5) is 36.1. The largest absolute Gasteiger partial charge is 0.496 e. The van der Waals surface area contributed by atoms with Crippen LogP contribution >= 0.6 is 15.9 Å². The Hall–Kier alpha value is -2.15. The molecule has 1 aromatic heterocycles. The monoisotopic (exact) mass is 352 g/mol. The number of carbonyl (C=O) groups is 1. The number of rotatable bonds is 3. The molecule has 0 N–H and O–H groups in total. The Morgan fingerprint density at radius 1 is 1.24 bits per heavy atom. The Bertz CT molecular complexity index is 836. The van der Waals surface area contributed by atoms with E-state index in [1.54, 1.807) is 18.2 Å². The van der Waals surface area contributed by atoms with Gasteiger partial charge in [0.1, 0.15) is 11.3 Å². The van der Waals surface area contributed by atoms with Crippen molar-refractivity contribution in [3.05, 3.63) is 60.8 Å². The van der Waals surface area contributed by atoms with E-state index in [0.717, 1.165) is 4.57 Å². The summed E-state index contributed by atoms with van der Waals surface area (Å²) < 4.78 is 7.81. The fourth-order valence-electron chi connectivity index (χ4n) is 1.93. The van der Waals surface area contributed by atoms with Crippen molar-refractivity contribution in [2.45, 2.75) is 0 Å². The van der Waals surface area contributed by atoms with Gasteiger partial charge in [-0.25, -0.2) is 4.79 Å². The molecule has 0 amide bonds. The van der Waals surface area contributed by atoms with E-state index >= 15 is 0 Å². The normalized spacial score (nSPS) is 10.5. The fourth-order valence-corrected chi connectivity index (χ4v) is 2.47. The quantitative estimate of drug-likeness (QED) is 0.775. The molecule has 0 aliphatic heterocycles. The van der Waals surface area contributed by atoms with Crippen LogP contribution in [0.5, 0.6) is 5.75 Å². The number of hydrogen-bond acceptors (Lipinski definition) is 4. The third-order valence-corrected chi connectivity index (χ3v) is 3.72. The van der Waals surface area contributed by atoms with Gasteiger partial charge in [0.05, 0.1) is 11.6 Å². The Morgan fingerprint density at radius 2 is 1.90 bits per heavy atom. The van der Waals surface area contributed by atoms with Crippen LogP contribution in [-0.4, -0.2) is 22.0 Å². The molecule has 0 saturated heterocycles. The number of hydrogen-bond donors (Lipinski definition) is 0. The van der Waals surface area contributed by atoms with E-state index in [-0.39, 0.29) is 5.56 Å². The van der Waals surface area contributed by atoms with Crippen LogP contribution in [0.2, 0.25) is 0 Å². The molecule has 6 nitrogen and oxygen atoms in total. The van der Waals surface area contributed by atoms with Crippen LogP contribution in [0.1, 0.15) is 15.9 Å². The molecule has 0 bridgehead atoms.